The molecule has 3 aromatic rings. The molecule has 1 aromatic carbocycles. The summed E-state index contributed by atoms with van der Waals surface area (Å²) in [6.45, 7) is 13.1. The minimum atomic E-state index is 0.597. The molecule has 0 saturated carbocycles. The molecule has 0 bridgehead atoms. The number of aromatic nitrogens is 3. The van der Waals surface area contributed by atoms with Gasteiger partial charge in [0.25, 0.3) is 0 Å². The number of anilines is 2. The average molecular weight is 409 g/mol. The molecule has 29 heavy (non-hydrogen) atoms. The predicted molar refractivity (Wildman–Crippen MR) is 120 cm³/mol. The van der Waals surface area contributed by atoms with E-state index < -0.39 is 0 Å². The molecule has 2 aromatic heterocycles. The van der Waals surface area contributed by atoms with E-state index in [1.165, 1.54) is 16.0 Å². The lowest BCUT2D eigenvalue weighted by atomic mass is 10.1. The molecule has 3 heterocycles. The lowest BCUT2D eigenvalue weighted by Crippen LogP contribution is -2.45. The van der Waals surface area contributed by atoms with Gasteiger partial charge < -0.3 is 10.2 Å². The molecule has 0 spiro atoms. The molecule has 1 N–H and O–H groups in total. The van der Waals surface area contributed by atoms with Crippen LogP contribution in [0.25, 0.3) is 10.7 Å². The van der Waals surface area contributed by atoms with Crippen molar-refractivity contribution in [2.75, 3.05) is 38.0 Å². The van der Waals surface area contributed by atoms with Crippen molar-refractivity contribution in [2.24, 2.45) is 0 Å². The van der Waals surface area contributed by atoms with Crippen molar-refractivity contribution < 1.29 is 0 Å². The number of likely N-dealkylation sites (N-methyl/N-ethyl adjacent to an activating group) is 1. The van der Waals surface area contributed by atoms with Crippen molar-refractivity contribution in [1.29, 1.82) is 0 Å². The Kier molecular flexibility index (Phi) is 6.18. The molecule has 4 rings (SSSR count). The van der Waals surface area contributed by atoms with Crippen LogP contribution in [0.4, 0.5) is 11.6 Å². The Morgan fingerprint density at radius 2 is 1.72 bits per heavy atom. The SMILES string of the molecule is CCN1CCN(Cc2cnc(-c3ccnc(Nc4cc(C)cc(C)c4)n3)s2)CC1. The number of piperazine rings is 1. The molecular weight excluding hydrogens is 380 g/mol. The Labute approximate surface area is 176 Å². The molecule has 1 fully saturated rings. The zero-order chi connectivity index (χ0) is 20.2. The van der Waals surface area contributed by atoms with Gasteiger partial charge in [0.15, 0.2) is 0 Å². The lowest BCUT2D eigenvalue weighted by molar-refractivity contribution is 0.133. The molecule has 0 aliphatic carbocycles. The summed E-state index contributed by atoms with van der Waals surface area (Å²) in [4.78, 5) is 20.0. The van der Waals surface area contributed by atoms with E-state index in [-0.39, 0.29) is 0 Å². The predicted octanol–water partition coefficient (Wildman–Crippen LogP) is 4.10. The fraction of sp³-hybridized carbons (Fsp3) is 0.409. The summed E-state index contributed by atoms with van der Waals surface area (Å²) in [5, 5.41) is 4.26. The molecule has 7 heteroatoms. The van der Waals surface area contributed by atoms with Crippen LogP contribution in [0.5, 0.6) is 0 Å². The van der Waals surface area contributed by atoms with Crippen LogP contribution in [-0.2, 0) is 6.54 Å². The third kappa shape index (κ3) is 5.18. The van der Waals surface area contributed by atoms with Gasteiger partial charge in [-0.25, -0.2) is 15.0 Å². The van der Waals surface area contributed by atoms with E-state index in [2.05, 4.69) is 69.0 Å². The maximum Gasteiger partial charge on any atom is 0.227 e. The monoisotopic (exact) mass is 408 g/mol. The second-order valence-electron chi connectivity index (χ2n) is 7.61. The molecule has 0 radical (unpaired) electrons. The van der Waals surface area contributed by atoms with Gasteiger partial charge in [-0.05, 0) is 49.7 Å². The molecule has 1 aliphatic rings. The molecule has 152 valence electrons. The topological polar surface area (TPSA) is 57.2 Å². The number of hydrogen-bond donors (Lipinski definition) is 1. The molecular formula is C22H28N6S. The quantitative estimate of drug-likeness (QED) is 0.663. The number of nitrogens with zero attached hydrogens (tertiary/aromatic N) is 5. The van der Waals surface area contributed by atoms with E-state index in [1.807, 2.05) is 12.3 Å². The van der Waals surface area contributed by atoms with Crippen molar-refractivity contribution in [3.8, 4) is 10.7 Å². The van der Waals surface area contributed by atoms with Gasteiger partial charge in [0, 0.05) is 55.7 Å². The Hall–Kier alpha value is -2.35. The van der Waals surface area contributed by atoms with Crippen molar-refractivity contribution in [2.45, 2.75) is 27.3 Å². The van der Waals surface area contributed by atoms with E-state index in [4.69, 9.17) is 0 Å². The number of benzene rings is 1. The number of thiazole rings is 1. The number of aryl methyl sites for hydroxylation is 2. The minimum absolute atomic E-state index is 0.597. The lowest BCUT2D eigenvalue weighted by Gasteiger charge is -2.33. The summed E-state index contributed by atoms with van der Waals surface area (Å²) in [5.41, 5.74) is 4.30. The first-order valence-corrected chi connectivity index (χ1v) is 11.0. The highest BCUT2D eigenvalue weighted by Crippen LogP contribution is 2.26. The third-order valence-electron chi connectivity index (χ3n) is 5.20. The van der Waals surface area contributed by atoms with E-state index in [1.54, 1.807) is 17.5 Å². The van der Waals surface area contributed by atoms with Gasteiger partial charge in [0.2, 0.25) is 5.95 Å². The van der Waals surface area contributed by atoms with Crippen LogP contribution in [0.2, 0.25) is 0 Å². The van der Waals surface area contributed by atoms with E-state index in [0.717, 1.165) is 55.7 Å². The second kappa shape index (κ2) is 8.98. The van der Waals surface area contributed by atoms with Gasteiger partial charge in [-0.2, -0.15) is 0 Å². The minimum Gasteiger partial charge on any atom is -0.324 e. The molecule has 0 amide bonds. The second-order valence-corrected chi connectivity index (χ2v) is 8.72. The maximum atomic E-state index is 4.68. The van der Waals surface area contributed by atoms with Crippen LogP contribution in [0.15, 0.2) is 36.7 Å². The Balaban J connectivity index is 1.43. The summed E-state index contributed by atoms with van der Waals surface area (Å²) in [7, 11) is 0. The number of rotatable bonds is 6. The molecule has 0 atom stereocenters. The zero-order valence-electron chi connectivity index (χ0n) is 17.4. The average Bonchev–Trinajstić information content (AvgIpc) is 3.16. The van der Waals surface area contributed by atoms with Gasteiger partial charge in [0.1, 0.15) is 10.7 Å². The summed E-state index contributed by atoms with van der Waals surface area (Å²) in [6, 6.07) is 8.28. The fourth-order valence-corrected chi connectivity index (χ4v) is 4.62. The van der Waals surface area contributed by atoms with Gasteiger partial charge in [-0.1, -0.05) is 13.0 Å². The van der Waals surface area contributed by atoms with Crippen molar-refractivity contribution in [1.82, 2.24) is 24.8 Å². The van der Waals surface area contributed by atoms with E-state index in [0.29, 0.717) is 5.95 Å². The van der Waals surface area contributed by atoms with Crippen molar-refractivity contribution in [3.63, 3.8) is 0 Å². The highest BCUT2D eigenvalue weighted by atomic mass is 32.1. The smallest absolute Gasteiger partial charge is 0.227 e. The summed E-state index contributed by atoms with van der Waals surface area (Å²) >= 11 is 1.72. The highest BCUT2D eigenvalue weighted by molar-refractivity contribution is 7.14. The number of nitrogens with one attached hydrogen (secondary N) is 1. The van der Waals surface area contributed by atoms with Crippen molar-refractivity contribution in [3.05, 3.63) is 52.7 Å². The van der Waals surface area contributed by atoms with Gasteiger partial charge in [0.05, 0.1) is 0 Å². The van der Waals surface area contributed by atoms with Crippen LogP contribution in [0.3, 0.4) is 0 Å². The van der Waals surface area contributed by atoms with Crippen molar-refractivity contribution >= 4 is 23.0 Å². The summed E-state index contributed by atoms with van der Waals surface area (Å²) in [5.74, 6) is 0.597. The molecule has 1 aliphatic heterocycles. The largest absolute Gasteiger partial charge is 0.324 e. The van der Waals surface area contributed by atoms with Gasteiger partial charge >= 0.3 is 0 Å². The third-order valence-corrected chi connectivity index (χ3v) is 6.20. The van der Waals surface area contributed by atoms with Crippen LogP contribution in [-0.4, -0.2) is 57.5 Å². The molecule has 1 saturated heterocycles. The molecule has 0 unspecified atom stereocenters. The summed E-state index contributed by atoms with van der Waals surface area (Å²) < 4.78 is 0. The number of hydrogen-bond acceptors (Lipinski definition) is 7. The Bertz CT molecular complexity index is 941. The molecule has 6 nitrogen and oxygen atoms in total. The summed E-state index contributed by atoms with van der Waals surface area (Å²) in [6.07, 6.45) is 3.78. The van der Waals surface area contributed by atoms with E-state index >= 15 is 0 Å². The van der Waals surface area contributed by atoms with Gasteiger partial charge in [-0.15, -0.1) is 11.3 Å². The Morgan fingerprint density at radius 3 is 2.45 bits per heavy atom. The maximum absolute atomic E-state index is 4.68. The first-order valence-electron chi connectivity index (χ1n) is 10.2. The fourth-order valence-electron chi connectivity index (χ4n) is 3.70. The van der Waals surface area contributed by atoms with Gasteiger partial charge in [-0.3, -0.25) is 4.90 Å². The Morgan fingerprint density at radius 1 is 1.00 bits per heavy atom. The first-order chi connectivity index (χ1) is 14.1. The van der Waals surface area contributed by atoms with E-state index in [9.17, 15) is 0 Å². The normalized spacial score (nSPS) is 15.6. The zero-order valence-corrected chi connectivity index (χ0v) is 18.2. The van der Waals surface area contributed by atoms with Crippen LogP contribution in [0, 0.1) is 13.8 Å². The van der Waals surface area contributed by atoms with Crippen LogP contribution < -0.4 is 5.32 Å². The standard InChI is InChI=1S/C22H28N6S/c1-4-27-7-9-28(10-8-27)15-19-14-24-21(29-19)20-5-6-23-22(26-20)25-18-12-16(2)11-17(3)13-18/h5-6,11-14H,4,7-10,15H2,1-3H3,(H,23,25,26). The van der Waals surface area contributed by atoms with Crippen LogP contribution in [0.1, 0.15) is 22.9 Å². The first kappa shape index (κ1) is 19.9. The van der Waals surface area contributed by atoms with Crippen LogP contribution >= 0.6 is 11.3 Å². The highest BCUT2D eigenvalue weighted by Gasteiger charge is 2.17.